The lowest BCUT2D eigenvalue weighted by Crippen LogP contribution is -2.17. The Labute approximate surface area is 133 Å². The van der Waals surface area contributed by atoms with Crippen molar-refractivity contribution in [2.24, 2.45) is 5.73 Å². The monoisotopic (exact) mass is 317 g/mol. The van der Waals surface area contributed by atoms with Crippen molar-refractivity contribution < 1.29 is 9.18 Å². The van der Waals surface area contributed by atoms with Crippen LogP contribution in [-0.2, 0) is 17.8 Å². The number of hydrogen-bond acceptors (Lipinski definition) is 4. The predicted octanol–water partition coefficient (Wildman–Crippen LogP) is 2.10. The van der Waals surface area contributed by atoms with Crippen LogP contribution in [-0.4, -0.2) is 27.2 Å². The number of amides is 1. The number of nitrogens with zero attached hydrogens (tertiary/aromatic N) is 3. The molecular weight excluding hydrogens is 297 g/mol. The van der Waals surface area contributed by atoms with E-state index < -0.39 is 5.82 Å². The molecule has 3 rings (SSSR count). The van der Waals surface area contributed by atoms with Crippen molar-refractivity contribution >= 4 is 11.6 Å². The van der Waals surface area contributed by atoms with Crippen LogP contribution in [0.2, 0.25) is 0 Å². The Morgan fingerprint density at radius 1 is 1.30 bits per heavy atom. The fourth-order valence-electron chi connectivity index (χ4n) is 2.80. The number of carbonyl (C=O) groups excluding carboxylic acids is 1. The summed E-state index contributed by atoms with van der Waals surface area (Å²) in [5.41, 5.74) is 6.23. The summed E-state index contributed by atoms with van der Waals surface area (Å²) in [6.45, 7) is 1.09. The van der Waals surface area contributed by atoms with Gasteiger partial charge in [-0.3, -0.25) is 4.79 Å². The highest BCUT2D eigenvalue weighted by molar-refractivity contribution is 5.91. The van der Waals surface area contributed by atoms with E-state index in [0.29, 0.717) is 0 Å². The lowest BCUT2D eigenvalue weighted by atomic mass is 10.1. The highest BCUT2D eigenvalue weighted by atomic mass is 19.1. The van der Waals surface area contributed by atoms with E-state index in [4.69, 9.17) is 5.73 Å². The van der Waals surface area contributed by atoms with Gasteiger partial charge in [-0.2, -0.15) is 0 Å². The lowest BCUT2D eigenvalue weighted by Gasteiger charge is -2.10. The quantitative estimate of drug-likeness (QED) is 0.904. The van der Waals surface area contributed by atoms with Crippen molar-refractivity contribution in [3.8, 4) is 11.4 Å². The first-order valence-electron chi connectivity index (χ1n) is 7.91. The number of benzene rings is 1. The number of aryl methyl sites for hydroxylation is 1. The van der Waals surface area contributed by atoms with Crippen LogP contribution in [0, 0.1) is 5.82 Å². The second kappa shape index (κ2) is 6.87. The summed E-state index contributed by atoms with van der Waals surface area (Å²) in [6, 6.07) is 4.60. The number of aromatic nitrogens is 3. The summed E-state index contributed by atoms with van der Waals surface area (Å²) in [5.74, 6) is 0.908. The molecule has 0 unspecified atom stereocenters. The molecule has 0 spiro atoms. The van der Waals surface area contributed by atoms with Crippen molar-refractivity contribution in [2.45, 2.75) is 38.6 Å². The first-order chi connectivity index (χ1) is 11.2. The second-order valence-electron chi connectivity index (χ2n) is 5.68. The molecule has 1 aromatic carbocycles. The van der Waals surface area contributed by atoms with Crippen LogP contribution < -0.4 is 11.1 Å². The minimum atomic E-state index is -0.477. The molecule has 1 amide bonds. The number of rotatable bonds is 4. The third-order valence-corrected chi connectivity index (χ3v) is 3.98. The summed E-state index contributed by atoms with van der Waals surface area (Å²) < 4.78 is 16.0. The highest BCUT2D eigenvalue weighted by Gasteiger charge is 2.17. The topological polar surface area (TPSA) is 85.8 Å². The molecule has 0 fully saturated rings. The fourth-order valence-corrected chi connectivity index (χ4v) is 2.80. The fraction of sp³-hybridized carbons (Fsp3) is 0.438. The first-order valence-corrected chi connectivity index (χ1v) is 7.91. The molecule has 1 aromatic heterocycles. The molecule has 0 atom stereocenters. The van der Waals surface area contributed by atoms with Crippen LogP contribution in [0.15, 0.2) is 18.2 Å². The molecule has 0 bridgehead atoms. The molecule has 122 valence electrons. The van der Waals surface area contributed by atoms with Crippen LogP contribution in [0.5, 0.6) is 0 Å². The Bertz CT molecular complexity index is 712. The van der Waals surface area contributed by atoms with Gasteiger partial charge in [0.1, 0.15) is 11.6 Å². The van der Waals surface area contributed by atoms with E-state index in [1.165, 1.54) is 12.5 Å². The average molecular weight is 317 g/mol. The van der Waals surface area contributed by atoms with E-state index in [-0.39, 0.29) is 24.6 Å². The van der Waals surface area contributed by atoms with E-state index in [0.717, 1.165) is 43.0 Å². The largest absolute Gasteiger partial charge is 0.330 e. The summed E-state index contributed by atoms with van der Waals surface area (Å²) in [5, 5.41) is 11.1. The highest BCUT2D eigenvalue weighted by Crippen LogP contribution is 2.26. The maximum absolute atomic E-state index is 13.9. The maximum Gasteiger partial charge on any atom is 0.225 e. The smallest absolute Gasteiger partial charge is 0.225 e. The van der Waals surface area contributed by atoms with Crippen molar-refractivity contribution in [1.82, 2.24) is 14.8 Å². The Morgan fingerprint density at radius 3 is 3.00 bits per heavy atom. The van der Waals surface area contributed by atoms with Crippen LogP contribution in [0.1, 0.15) is 31.5 Å². The Morgan fingerprint density at radius 2 is 2.17 bits per heavy atom. The standard InChI is InChI=1S/C16H20FN5O/c17-12-6-5-11(10-13(12)19-15(23)7-8-18)16-21-20-14-4-2-1-3-9-22(14)16/h5-6,10H,1-4,7-9,18H2,(H,19,23). The molecule has 2 aromatic rings. The van der Waals surface area contributed by atoms with Crippen molar-refractivity contribution in [3.63, 3.8) is 0 Å². The van der Waals surface area contributed by atoms with Crippen LogP contribution in [0.3, 0.4) is 0 Å². The Hall–Kier alpha value is -2.28. The number of nitrogens with two attached hydrogens (primary N) is 1. The zero-order chi connectivity index (χ0) is 16.2. The number of anilines is 1. The van der Waals surface area contributed by atoms with E-state index in [1.807, 2.05) is 0 Å². The minimum Gasteiger partial charge on any atom is -0.330 e. The summed E-state index contributed by atoms with van der Waals surface area (Å²) >= 11 is 0. The number of nitrogens with one attached hydrogen (secondary N) is 1. The number of hydrogen-bond donors (Lipinski definition) is 2. The molecule has 0 saturated carbocycles. The van der Waals surface area contributed by atoms with Gasteiger partial charge in [0, 0.05) is 31.5 Å². The van der Waals surface area contributed by atoms with Crippen LogP contribution >= 0.6 is 0 Å². The Kier molecular flexibility index (Phi) is 4.66. The lowest BCUT2D eigenvalue weighted by molar-refractivity contribution is -0.116. The van der Waals surface area contributed by atoms with Gasteiger partial charge in [-0.05, 0) is 31.0 Å². The van der Waals surface area contributed by atoms with Gasteiger partial charge in [0.25, 0.3) is 0 Å². The van der Waals surface area contributed by atoms with Gasteiger partial charge >= 0.3 is 0 Å². The van der Waals surface area contributed by atoms with Gasteiger partial charge in [-0.1, -0.05) is 6.42 Å². The molecule has 23 heavy (non-hydrogen) atoms. The number of halogens is 1. The van der Waals surface area contributed by atoms with Gasteiger partial charge in [-0.25, -0.2) is 4.39 Å². The van der Waals surface area contributed by atoms with Crippen molar-refractivity contribution in [3.05, 3.63) is 29.8 Å². The van der Waals surface area contributed by atoms with Gasteiger partial charge in [0.15, 0.2) is 5.82 Å². The third kappa shape index (κ3) is 3.39. The molecule has 0 radical (unpaired) electrons. The van der Waals surface area contributed by atoms with Crippen LogP contribution in [0.4, 0.5) is 10.1 Å². The van der Waals surface area contributed by atoms with Crippen molar-refractivity contribution in [1.29, 1.82) is 0 Å². The molecular formula is C16H20FN5O. The van der Waals surface area contributed by atoms with Crippen LogP contribution in [0.25, 0.3) is 11.4 Å². The second-order valence-corrected chi connectivity index (χ2v) is 5.68. The molecule has 6 nitrogen and oxygen atoms in total. The molecule has 0 aliphatic carbocycles. The van der Waals surface area contributed by atoms with Crippen molar-refractivity contribution in [2.75, 3.05) is 11.9 Å². The molecule has 1 aliphatic rings. The van der Waals surface area contributed by atoms with Gasteiger partial charge < -0.3 is 15.6 Å². The third-order valence-electron chi connectivity index (χ3n) is 3.98. The number of fused-ring (bicyclic) bond motifs is 1. The maximum atomic E-state index is 13.9. The Balaban J connectivity index is 1.92. The average Bonchev–Trinajstić information content (AvgIpc) is 2.78. The first kappa shape index (κ1) is 15.6. The normalized spacial score (nSPS) is 14.2. The minimum absolute atomic E-state index is 0.145. The zero-order valence-corrected chi connectivity index (χ0v) is 12.9. The van der Waals surface area contributed by atoms with Gasteiger partial charge in [-0.15, -0.1) is 10.2 Å². The van der Waals surface area contributed by atoms with E-state index in [2.05, 4.69) is 20.1 Å². The zero-order valence-electron chi connectivity index (χ0n) is 12.9. The molecule has 7 heteroatoms. The molecule has 3 N–H and O–H groups in total. The van der Waals surface area contributed by atoms with Gasteiger partial charge in [0.05, 0.1) is 5.69 Å². The summed E-state index contributed by atoms with van der Waals surface area (Å²) in [7, 11) is 0. The predicted molar refractivity (Wildman–Crippen MR) is 85.3 cm³/mol. The number of carbonyl (C=O) groups is 1. The van der Waals surface area contributed by atoms with E-state index >= 15 is 0 Å². The van der Waals surface area contributed by atoms with Gasteiger partial charge in [0.2, 0.25) is 5.91 Å². The molecule has 2 heterocycles. The van der Waals surface area contributed by atoms with E-state index in [9.17, 15) is 9.18 Å². The summed E-state index contributed by atoms with van der Waals surface area (Å²) in [6.07, 6.45) is 4.44. The van der Waals surface area contributed by atoms with E-state index in [1.54, 1.807) is 12.1 Å². The molecule has 1 aliphatic heterocycles. The molecule has 0 saturated heterocycles. The summed E-state index contributed by atoms with van der Waals surface area (Å²) in [4.78, 5) is 11.6. The SMILES string of the molecule is NCCC(=O)Nc1cc(-c2nnc3n2CCCCC3)ccc1F.